The average molecular weight is 305 g/mol. The molecule has 0 radical (unpaired) electrons. The predicted molar refractivity (Wildman–Crippen MR) is 79.0 cm³/mol. The predicted octanol–water partition coefficient (Wildman–Crippen LogP) is 3.54. The van der Waals surface area contributed by atoms with Crippen molar-refractivity contribution in [3.05, 3.63) is 29.1 Å². The molecular weight excluding hydrogens is 285 g/mol. The molecule has 1 aliphatic heterocycles. The smallest absolute Gasteiger partial charge is 0.308 e. The highest BCUT2D eigenvalue weighted by atomic mass is 19.1. The Hall–Kier alpha value is -1.93. The molecule has 0 saturated carbocycles. The van der Waals surface area contributed by atoms with Gasteiger partial charge in [0.2, 0.25) is 0 Å². The standard InChI is InChI=1S/C17H20FNO3/c1-10(2)16-8-12(6-7-21-16)17-13(9-19)14(18)4-5-15(17)22-11(3)20/h4-5,10,12,16H,6-8H2,1-3H3. The Morgan fingerprint density at radius 2 is 2.23 bits per heavy atom. The summed E-state index contributed by atoms with van der Waals surface area (Å²) in [6, 6.07) is 4.50. The van der Waals surface area contributed by atoms with E-state index >= 15 is 0 Å². The van der Waals surface area contributed by atoms with Gasteiger partial charge in [-0.15, -0.1) is 0 Å². The number of nitrogens with zero attached hydrogens (tertiary/aromatic N) is 1. The van der Waals surface area contributed by atoms with Crippen LogP contribution in [-0.4, -0.2) is 18.7 Å². The van der Waals surface area contributed by atoms with E-state index in [1.807, 2.05) is 6.07 Å². The van der Waals surface area contributed by atoms with E-state index in [1.54, 1.807) is 0 Å². The van der Waals surface area contributed by atoms with Crippen LogP contribution in [0.1, 0.15) is 50.7 Å². The molecule has 2 unspecified atom stereocenters. The van der Waals surface area contributed by atoms with Gasteiger partial charge >= 0.3 is 5.97 Å². The molecule has 118 valence electrons. The van der Waals surface area contributed by atoms with Gasteiger partial charge in [-0.1, -0.05) is 13.8 Å². The molecule has 2 rings (SSSR count). The lowest BCUT2D eigenvalue weighted by atomic mass is 9.83. The highest BCUT2D eigenvalue weighted by Gasteiger charge is 2.31. The van der Waals surface area contributed by atoms with Gasteiger partial charge in [-0.3, -0.25) is 4.79 Å². The fraction of sp³-hybridized carbons (Fsp3) is 0.529. The van der Waals surface area contributed by atoms with Gasteiger partial charge in [0.05, 0.1) is 11.7 Å². The van der Waals surface area contributed by atoms with Gasteiger partial charge in [0, 0.05) is 19.1 Å². The van der Waals surface area contributed by atoms with Crippen molar-refractivity contribution in [3.8, 4) is 11.8 Å². The lowest BCUT2D eigenvalue weighted by Gasteiger charge is -2.33. The number of carbonyl (C=O) groups is 1. The van der Waals surface area contributed by atoms with E-state index in [-0.39, 0.29) is 23.3 Å². The molecule has 0 amide bonds. The van der Waals surface area contributed by atoms with Crippen molar-refractivity contribution in [2.45, 2.75) is 45.6 Å². The first-order valence-electron chi connectivity index (χ1n) is 7.46. The number of esters is 1. The van der Waals surface area contributed by atoms with Gasteiger partial charge < -0.3 is 9.47 Å². The van der Waals surface area contributed by atoms with Gasteiger partial charge in [-0.25, -0.2) is 4.39 Å². The van der Waals surface area contributed by atoms with Gasteiger partial charge in [0.25, 0.3) is 0 Å². The maximum absolute atomic E-state index is 14.0. The number of carbonyl (C=O) groups excluding carboxylic acids is 1. The molecule has 1 fully saturated rings. The van der Waals surface area contributed by atoms with Crippen LogP contribution in [0.25, 0.3) is 0 Å². The topological polar surface area (TPSA) is 59.3 Å². The third kappa shape index (κ3) is 3.45. The molecule has 0 bridgehead atoms. The van der Waals surface area contributed by atoms with Crippen LogP contribution >= 0.6 is 0 Å². The summed E-state index contributed by atoms with van der Waals surface area (Å²) in [6.45, 7) is 5.97. The van der Waals surface area contributed by atoms with Crippen LogP contribution in [-0.2, 0) is 9.53 Å². The van der Waals surface area contributed by atoms with Gasteiger partial charge in [0.1, 0.15) is 17.6 Å². The summed E-state index contributed by atoms with van der Waals surface area (Å²) >= 11 is 0. The summed E-state index contributed by atoms with van der Waals surface area (Å²) in [6.07, 6.45) is 1.42. The van der Waals surface area contributed by atoms with E-state index in [2.05, 4.69) is 13.8 Å². The minimum Gasteiger partial charge on any atom is -0.426 e. The lowest BCUT2D eigenvalue weighted by molar-refractivity contribution is -0.131. The van der Waals surface area contributed by atoms with Crippen molar-refractivity contribution in [2.75, 3.05) is 6.61 Å². The molecule has 1 aromatic rings. The van der Waals surface area contributed by atoms with Crippen LogP contribution in [0.2, 0.25) is 0 Å². The zero-order chi connectivity index (χ0) is 16.3. The largest absolute Gasteiger partial charge is 0.426 e. The summed E-state index contributed by atoms with van der Waals surface area (Å²) < 4.78 is 24.9. The normalized spacial score (nSPS) is 21.5. The molecule has 1 saturated heterocycles. The van der Waals surface area contributed by atoms with Crippen LogP contribution in [0.15, 0.2) is 12.1 Å². The zero-order valence-electron chi connectivity index (χ0n) is 13.1. The number of ether oxygens (including phenoxy) is 2. The van der Waals surface area contributed by atoms with Crippen molar-refractivity contribution in [1.82, 2.24) is 0 Å². The third-order valence-electron chi connectivity index (χ3n) is 3.99. The Kier molecular flexibility index (Phi) is 5.15. The van der Waals surface area contributed by atoms with Crippen LogP contribution in [0, 0.1) is 23.1 Å². The number of halogens is 1. The van der Waals surface area contributed by atoms with Crippen molar-refractivity contribution < 1.29 is 18.7 Å². The zero-order valence-corrected chi connectivity index (χ0v) is 13.1. The van der Waals surface area contributed by atoms with E-state index in [0.29, 0.717) is 30.9 Å². The van der Waals surface area contributed by atoms with E-state index in [4.69, 9.17) is 9.47 Å². The monoisotopic (exact) mass is 305 g/mol. The first kappa shape index (κ1) is 16.4. The summed E-state index contributed by atoms with van der Waals surface area (Å²) in [4.78, 5) is 11.3. The molecule has 5 heteroatoms. The molecule has 0 spiro atoms. The van der Waals surface area contributed by atoms with Gasteiger partial charge in [-0.2, -0.15) is 5.26 Å². The lowest BCUT2D eigenvalue weighted by Crippen LogP contribution is -2.29. The number of hydrogen-bond acceptors (Lipinski definition) is 4. The first-order valence-corrected chi connectivity index (χ1v) is 7.46. The Morgan fingerprint density at radius 3 is 2.82 bits per heavy atom. The van der Waals surface area contributed by atoms with E-state index < -0.39 is 11.8 Å². The van der Waals surface area contributed by atoms with Crippen LogP contribution in [0.4, 0.5) is 4.39 Å². The minimum absolute atomic E-state index is 0.0341. The Labute approximate surface area is 129 Å². The van der Waals surface area contributed by atoms with Gasteiger partial charge in [-0.05, 0) is 36.8 Å². The van der Waals surface area contributed by atoms with Crippen molar-refractivity contribution in [2.24, 2.45) is 5.92 Å². The number of rotatable bonds is 3. The SMILES string of the molecule is CC(=O)Oc1ccc(F)c(C#N)c1C1CCOC(C(C)C)C1. The van der Waals surface area contributed by atoms with Crippen molar-refractivity contribution in [1.29, 1.82) is 5.26 Å². The Balaban J connectivity index is 2.45. The molecule has 1 heterocycles. The molecule has 1 aromatic carbocycles. The average Bonchev–Trinajstić information content (AvgIpc) is 2.48. The second-order valence-electron chi connectivity index (χ2n) is 5.91. The molecular formula is C17H20FNO3. The highest BCUT2D eigenvalue weighted by molar-refractivity contribution is 5.70. The number of benzene rings is 1. The molecule has 1 aliphatic rings. The number of nitriles is 1. The van der Waals surface area contributed by atoms with Crippen LogP contribution in [0.3, 0.4) is 0 Å². The van der Waals surface area contributed by atoms with E-state index in [9.17, 15) is 14.4 Å². The highest BCUT2D eigenvalue weighted by Crippen LogP contribution is 2.40. The van der Waals surface area contributed by atoms with E-state index in [1.165, 1.54) is 19.1 Å². The second kappa shape index (κ2) is 6.89. The maximum Gasteiger partial charge on any atom is 0.308 e. The molecule has 0 aromatic heterocycles. The molecule has 0 aliphatic carbocycles. The minimum atomic E-state index is -0.582. The first-order chi connectivity index (χ1) is 10.4. The fourth-order valence-corrected chi connectivity index (χ4v) is 2.89. The molecule has 22 heavy (non-hydrogen) atoms. The van der Waals surface area contributed by atoms with Gasteiger partial charge in [0.15, 0.2) is 0 Å². The third-order valence-corrected chi connectivity index (χ3v) is 3.99. The Morgan fingerprint density at radius 1 is 1.50 bits per heavy atom. The van der Waals surface area contributed by atoms with Crippen molar-refractivity contribution in [3.63, 3.8) is 0 Å². The molecule has 2 atom stereocenters. The van der Waals surface area contributed by atoms with Crippen LogP contribution < -0.4 is 4.74 Å². The fourth-order valence-electron chi connectivity index (χ4n) is 2.89. The summed E-state index contributed by atoms with van der Waals surface area (Å²) in [5.74, 6) is -0.509. The summed E-state index contributed by atoms with van der Waals surface area (Å²) in [7, 11) is 0. The Bertz CT molecular complexity index is 607. The summed E-state index contributed by atoms with van der Waals surface area (Å²) in [5.41, 5.74) is 0.458. The van der Waals surface area contributed by atoms with Crippen molar-refractivity contribution >= 4 is 5.97 Å². The van der Waals surface area contributed by atoms with Crippen LogP contribution in [0.5, 0.6) is 5.75 Å². The maximum atomic E-state index is 14.0. The molecule has 0 N–H and O–H groups in total. The summed E-state index contributed by atoms with van der Waals surface area (Å²) in [5, 5.41) is 9.30. The molecule has 4 nitrogen and oxygen atoms in total. The quantitative estimate of drug-likeness (QED) is 0.633. The second-order valence-corrected chi connectivity index (χ2v) is 5.91. The number of hydrogen-bond donors (Lipinski definition) is 0. The van der Waals surface area contributed by atoms with E-state index in [0.717, 1.165) is 0 Å².